The van der Waals surface area contributed by atoms with Gasteiger partial charge in [-0.3, -0.25) is 0 Å². The highest BCUT2D eigenvalue weighted by Gasteiger charge is 2.14. The minimum atomic E-state index is -3.72. The van der Waals surface area contributed by atoms with Crippen molar-refractivity contribution in [1.82, 2.24) is 4.72 Å². The number of sulfonamides is 1. The van der Waals surface area contributed by atoms with Crippen LogP contribution in [-0.2, 0) is 10.0 Å². The van der Waals surface area contributed by atoms with E-state index in [9.17, 15) is 17.2 Å². The van der Waals surface area contributed by atoms with Crippen molar-refractivity contribution in [1.29, 1.82) is 0 Å². The second-order valence-electron chi connectivity index (χ2n) is 5.46. The van der Waals surface area contributed by atoms with Crippen LogP contribution in [0.1, 0.15) is 13.8 Å². The van der Waals surface area contributed by atoms with E-state index in [4.69, 9.17) is 9.47 Å². The lowest BCUT2D eigenvalue weighted by atomic mass is 10.3. The summed E-state index contributed by atoms with van der Waals surface area (Å²) in [7, 11) is -3.72. The normalized spacial score (nSPS) is 11.6. The lowest BCUT2D eigenvalue weighted by Crippen LogP contribution is -2.28. The summed E-state index contributed by atoms with van der Waals surface area (Å²) in [5, 5.41) is 0. The number of benzene rings is 2. The summed E-state index contributed by atoms with van der Waals surface area (Å²) in [5.41, 5.74) is 0. The van der Waals surface area contributed by atoms with Gasteiger partial charge in [-0.15, -0.1) is 0 Å². The monoisotopic (exact) mass is 371 g/mol. The van der Waals surface area contributed by atoms with Gasteiger partial charge < -0.3 is 9.47 Å². The van der Waals surface area contributed by atoms with Crippen LogP contribution in [-0.4, -0.2) is 27.7 Å². The number of ether oxygens (including phenoxy) is 2. The van der Waals surface area contributed by atoms with Crippen LogP contribution in [0.4, 0.5) is 8.78 Å². The van der Waals surface area contributed by atoms with E-state index >= 15 is 0 Å². The zero-order valence-corrected chi connectivity index (χ0v) is 14.6. The van der Waals surface area contributed by atoms with Gasteiger partial charge in [-0.2, -0.15) is 0 Å². The van der Waals surface area contributed by atoms with E-state index < -0.39 is 21.7 Å². The molecule has 1 N–H and O–H groups in total. The lowest BCUT2D eigenvalue weighted by Gasteiger charge is -2.11. The van der Waals surface area contributed by atoms with E-state index in [0.29, 0.717) is 11.8 Å². The Kier molecular flexibility index (Phi) is 6.33. The third-order valence-electron chi connectivity index (χ3n) is 3.05. The van der Waals surface area contributed by atoms with E-state index in [1.807, 2.05) is 13.8 Å². The predicted octanol–water partition coefficient (Wildman–Crippen LogP) is 3.11. The molecule has 0 saturated carbocycles. The molecule has 0 saturated heterocycles. The van der Waals surface area contributed by atoms with E-state index in [-0.39, 0.29) is 29.9 Å². The number of nitrogens with one attached hydrogen (secondary N) is 1. The maximum absolute atomic E-state index is 13.4. The van der Waals surface area contributed by atoms with E-state index in [1.165, 1.54) is 12.1 Å². The zero-order chi connectivity index (χ0) is 18.4. The molecule has 0 aliphatic rings. The predicted molar refractivity (Wildman–Crippen MR) is 89.2 cm³/mol. The summed E-state index contributed by atoms with van der Waals surface area (Å²) in [6.07, 6.45) is -0.00964. The summed E-state index contributed by atoms with van der Waals surface area (Å²) < 4.78 is 63.4. The van der Waals surface area contributed by atoms with Gasteiger partial charge in [0.2, 0.25) is 10.0 Å². The topological polar surface area (TPSA) is 64.6 Å². The first-order valence-corrected chi connectivity index (χ1v) is 9.10. The third kappa shape index (κ3) is 5.68. The second kappa shape index (κ2) is 8.26. The lowest BCUT2D eigenvalue weighted by molar-refractivity contribution is 0.242. The van der Waals surface area contributed by atoms with Gasteiger partial charge >= 0.3 is 0 Å². The van der Waals surface area contributed by atoms with Crippen molar-refractivity contribution in [2.24, 2.45) is 0 Å². The fourth-order valence-electron chi connectivity index (χ4n) is 1.98. The SMILES string of the molecule is CC(C)Oc1ccc(S(=O)(=O)NCCOc2ccc(F)cc2F)cc1. The first kappa shape index (κ1) is 19.1. The molecule has 0 radical (unpaired) electrons. The van der Waals surface area contributed by atoms with E-state index in [2.05, 4.69) is 4.72 Å². The van der Waals surface area contributed by atoms with Crippen molar-refractivity contribution < 1.29 is 26.7 Å². The Bertz CT molecular complexity index is 808. The molecule has 0 amide bonds. The smallest absolute Gasteiger partial charge is 0.240 e. The van der Waals surface area contributed by atoms with E-state index in [0.717, 1.165) is 12.1 Å². The first-order valence-electron chi connectivity index (χ1n) is 7.62. The summed E-state index contributed by atoms with van der Waals surface area (Å²) >= 11 is 0. The molecule has 0 heterocycles. The van der Waals surface area contributed by atoms with Crippen molar-refractivity contribution in [3.8, 4) is 11.5 Å². The molecule has 2 rings (SSSR count). The Morgan fingerprint density at radius 3 is 2.36 bits per heavy atom. The molecule has 0 spiro atoms. The second-order valence-corrected chi connectivity index (χ2v) is 7.23. The van der Waals surface area contributed by atoms with Crippen molar-refractivity contribution >= 4 is 10.0 Å². The minimum absolute atomic E-state index is 0.00964. The van der Waals surface area contributed by atoms with Gasteiger partial charge in [-0.25, -0.2) is 21.9 Å². The molecule has 0 bridgehead atoms. The molecule has 2 aromatic carbocycles. The number of rotatable bonds is 8. The highest BCUT2D eigenvalue weighted by atomic mass is 32.2. The van der Waals surface area contributed by atoms with Gasteiger partial charge in [0, 0.05) is 12.6 Å². The summed E-state index contributed by atoms with van der Waals surface area (Å²) in [4.78, 5) is 0.0802. The Hall–Kier alpha value is -2.19. The molecule has 8 heteroatoms. The van der Waals surface area contributed by atoms with Gasteiger partial charge in [0.1, 0.15) is 18.2 Å². The van der Waals surface area contributed by atoms with Crippen LogP contribution in [0.15, 0.2) is 47.4 Å². The van der Waals surface area contributed by atoms with Crippen molar-refractivity contribution in [2.75, 3.05) is 13.2 Å². The largest absolute Gasteiger partial charge is 0.491 e. The van der Waals surface area contributed by atoms with Crippen LogP contribution in [0.3, 0.4) is 0 Å². The highest BCUT2D eigenvalue weighted by molar-refractivity contribution is 7.89. The molecule has 0 aliphatic heterocycles. The maximum Gasteiger partial charge on any atom is 0.240 e. The first-order chi connectivity index (χ1) is 11.8. The molecule has 25 heavy (non-hydrogen) atoms. The summed E-state index contributed by atoms with van der Waals surface area (Å²) in [6, 6.07) is 8.90. The molecular formula is C17H19F2NO4S. The fraction of sp³-hybridized carbons (Fsp3) is 0.294. The zero-order valence-electron chi connectivity index (χ0n) is 13.8. The van der Waals surface area contributed by atoms with Crippen LogP contribution in [0.25, 0.3) is 0 Å². The van der Waals surface area contributed by atoms with Crippen molar-refractivity contribution in [3.63, 3.8) is 0 Å². The van der Waals surface area contributed by atoms with E-state index in [1.54, 1.807) is 12.1 Å². The number of halogens is 2. The van der Waals surface area contributed by atoms with Crippen LogP contribution in [0.5, 0.6) is 11.5 Å². The molecule has 0 unspecified atom stereocenters. The standard InChI is InChI=1S/C17H19F2NO4S/c1-12(2)24-14-4-6-15(7-5-14)25(21,22)20-9-10-23-17-8-3-13(18)11-16(17)19/h3-8,11-12,20H,9-10H2,1-2H3. The van der Waals surface area contributed by atoms with Crippen molar-refractivity contribution in [2.45, 2.75) is 24.8 Å². The average Bonchev–Trinajstić information content (AvgIpc) is 2.53. The molecule has 136 valence electrons. The molecular weight excluding hydrogens is 352 g/mol. The fourth-order valence-corrected chi connectivity index (χ4v) is 3.00. The van der Waals surface area contributed by atoms with Gasteiger partial charge in [0.25, 0.3) is 0 Å². The number of hydrogen-bond acceptors (Lipinski definition) is 4. The quantitative estimate of drug-likeness (QED) is 0.724. The van der Waals surface area contributed by atoms with Crippen LogP contribution in [0.2, 0.25) is 0 Å². The Balaban J connectivity index is 1.88. The van der Waals surface area contributed by atoms with Crippen molar-refractivity contribution in [3.05, 3.63) is 54.1 Å². The maximum atomic E-state index is 13.4. The molecule has 5 nitrogen and oxygen atoms in total. The van der Waals surface area contributed by atoms with Crippen LogP contribution < -0.4 is 14.2 Å². The van der Waals surface area contributed by atoms with Crippen LogP contribution >= 0.6 is 0 Å². The Labute approximate surface area is 145 Å². The van der Waals surface area contributed by atoms with Gasteiger partial charge in [0.15, 0.2) is 11.6 Å². The molecule has 0 aromatic heterocycles. The summed E-state index contributed by atoms with van der Waals surface area (Å²) in [6.45, 7) is 3.58. The molecule has 2 aromatic rings. The molecule has 0 atom stereocenters. The Morgan fingerprint density at radius 1 is 1.08 bits per heavy atom. The highest BCUT2D eigenvalue weighted by Crippen LogP contribution is 2.18. The Morgan fingerprint density at radius 2 is 1.76 bits per heavy atom. The average molecular weight is 371 g/mol. The molecule has 0 aliphatic carbocycles. The van der Waals surface area contributed by atoms with Crippen LogP contribution in [0, 0.1) is 11.6 Å². The van der Waals surface area contributed by atoms with Gasteiger partial charge in [0.05, 0.1) is 11.0 Å². The summed E-state index contributed by atoms with van der Waals surface area (Å²) in [5.74, 6) is -1.13. The minimum Gasteiger partial charge on any atom is -0.491 e. The number of hydrogen-bond donors (Lipinski definition) is 1. The van der Waals surface area contributed by atoms with Gasteiger partial charge in [-0.1, -0.05) is 0 Å². The molecule has 0 fully saturated rings. The van der Waals surface area contributed by atoms with Gasteiger partial charge in [-0.05, 0) is 50.2 Å². The third-order valence-corrected chi connectivity index (χ3v) is 4.53.